The average molecular weight is 404 g/mol. The number of aryl methyl sites for hydroxylation is 1. The number of halogens is 1. The summed E-state index contributed by atoms with van der Waals surface area (Å²) in [5, 5.41) is 4.06. The van der Waals surface area contributed by atoms with Crippen molar-refractivity contribution in [3.8, 4) is 0 Å². The molecular weight excluding hydrogens is 382 g/mol. The molecule has 1 amide bonds. The monoisotopic (exact) mass is 403 g/mol. The molecule has 0 bridgehead atoms. The van der Waals surface area contributed by atoms with Crippen molar-refractivity contribution in [3.05, 3.63) is 56.9 Å². The molecule has 1 atom stereocenters. The highest BCUT2D eigenvalue weighted by Crippen LogP contribution is 2.43. The van der Waals surface area contributed by atoms with Gasteiger partial charge >= 0.3 is 5.97 Å². The van der Waals surface area contributed by atoms with Crippen LogP contribution < -0.4 is 5.32 Å². The van der Waals surface area contributed by atoms with E-state index in [0.717, 1.165) is 30.4 Å². The summed E-state index contributed by atoms with van der Waals surface area (Å²) in [6.45, 7) is 4.21. The van der Waals surface area contributed by atoms with Crippen molar-refractivity contribution in [2.75, 3.05) is 11.9 Å². The number of hydrogen-bond acceptors (Lipinski definition) is 4. The molecule has 27 heavy (non-hydrogen) atoms. The zero-order valence-electron chi connectivity index (χ0n) is 15.4. The molecule has 0 spiro atoms. The van der Waals surface area contributed by atoms with Gasteiger partial charge in [-0.25, -0.2) is 4.79 Å². The minimum Gasteiger partial charge on any atom is -0.462 e. The van der Waals surface area contributed by atoms with E-state index in [-0.39, 0.29) is 17.8 Å². The molecule has 0 aliphatic heterocycles. The third-order valence-corrected chi connectivity index (χ3v) is 5.96. The minimum atomic E-state index is -0.363. The number of fused-ring (bicyclic) bond motifs is 1. The maximum Gasteiger partial charge on any atom is 0.341 e. The molecule has 1 N–H and O–H groups in total. The molecule has 1 unspecified atom stereocenters. The number of rotatable bonds is 5. The first kappa shape index (κ1) is 19.6. The second-order valence-corrected chi connectivity index (χ2v) is 8.08. The Balaban J connectivity index is 1.85. The highest BCUT2D eigenvalue weighted by Gasteiger charge is 2.30. The number of thiophene rings is 1. The van der Waals surface area contributed by atoms with Crippen LogP contribution in [0.15, 0.2) is 30.3 Å². The average Bonchev–Trinajstić information content (AvgIpc) is 2.99. The lowest BCUT2D eigenvalue weighted by Gasteiger charge is -2.19. The van der Waals surface area contributed by atoms with E-state index < -0.39 is 0 Å². The zero-order valence-corrected chi connectivity index (χ0v) is 17.0. The lowest BCUT2D eigenvalue weighted by Crippen LogP contribution is -2.15. The van der Waals surface area contributed by atoms with E-state index in [4.69, 9.17) is 16.3 Å². The van der Waals surface area contributed by atoms with Crippen LogP contribution in [0.4, 0.5) is 5.00 Å². The SMILES string of the molecule is CCOC(=O)c1c(NC(=O)/C=C/c2cccc(Cl)c2)sc2c1C(C)CCC2. The Morgan fingerprint density at radius 3 is 2.96 bits per heavy atom. The minimum absolute atomic E-state index is 0.285. The van der Waals surface area contributed by atoms with Gasteiger partial charge < -0.3 is 10.1 Å². The number of hydrogen-bond donors (Lipinski definition) is 1. The number of esters is 1. The largest absolute Gasteiger partial charge is 0.462 e. The highest BCUT2D eigenvalue weighted by atomic mass is 35.5. The molecule has 1 aromatic heterocycles. The van der Waals surface area contributed by atoms with E-state index in [1.54, 1.807) is 25.1 Å². The van der Waals surface area contributed by atoms with Gasteiger partial charge in [-0.1, -0.05) is 30.7 Å². The van der Waals surface area contributed by atoms with Crippen LogP contribution in [-0.4, -0.2) is 18.5 Å². The van der Waals surface area contributed by atoms with E-state index in [0.29, 0.717) is 22.2 Å². The second-order valence-electron chi connectivity index (χ2n) is 6.53. The van der Waals surface area contributed by atoms with Crippen LogP contribution in [0.5, 0.6) is 0 Å². The van der Waals surface area contributed by atoms with Gasteiger partial charge in [0, 0.05) is 16.0 Å². The highest BCUT2D eigenvalue weighted by molar-refractivity contribution is 7.17. The molecule has 3 rings (SSSR count). The molecular formula is C21H22ClNO3S. The van der Waals surface area contributed by atoms with Crippen molar-refractivity contribution in [2.24, 2.45) is 0 Å². The Bertz CT molecular complexity index is 888. The van der Waals surface area contributed by atoms with Crippen LogP contribution in [-0.2, 0) is 16.0 Å². The van der Waals surface area contributed by atoms with Crippen molar-refractivity contribution in [3.63, 3.8) is 0 Å². The molecule has 6 heteroatoms. The van der Waals surface area contributed by atoms with Crippen molar-refractivity contribution in [1.82, 2.24) is 0 Å². The number of carbonyl (C=O) groups excluding carboxylic acids is 2. The van der Waals surface area contributed by atoms with Gasteiger partial charge in [0.25, 0.3) is 0 Å². The van der Waals surface area contributed by atoms with Crippen molar-refractivity contribution < 1.29 is 14.3 Å². The molecule has 0 radical (unpaired) electrons. The smallest absolute Gasteiger partial charge is 0.341 e. The maximum atomic E-state index is 12.5. The van der Waals surface area contributed by atoms with Gasteiger partial charge in [-0.3, -0.25) is 4.79 Å². The van der Waals surface area contributed by atoms with Gasteiger partial charge in [0.2, 0.25) is 5.91 Å². The molecule has 1 aliphatic rings. The number of ether oxygens (including phenoxy) is 1. The fourth-order valence-electron chi connectivity index (χ4n) is 3.34. The number of carbonyl (C=O) groups is 2. The quantitative estimate of drug-likeness (QED) is 0.516. The second kappa shape index (κ2) is 8.72. The fraction of sp³-hybridized carbons (Fsp3) is 0.333. The Labute approximate surface area is 168 Å². The van der Waals surface area contributed by atoms with Crippen LogP contribution in [0, 0.1) is 0 Å². The molecule has 2 aromatic rings. The topological polar surface area (TPSA) is 55.4 Å². The molecule has 0 fully saturated rings. The van der Waals surface area contributed by atoms with E-state index >= 15 is 0 Å². The molecule has 1 aromatic carbocycles. The van der Waals surface area contributed by atoms with Gasteiger partial charge in [0.15, 0.2) is 0 Å². The number of amides is 1. The van der Waals surface area contributed by atoms with Crippen LogP contribution in [0.1, 0.15) is 59.0 Å². The Hall–Kier alpha value is -2.11. The normalized spacial score (nSPS) is 16.2. The summed E-state index contributed by atoms with van der Waals surface area (Å²) >= 11 is 7.45. The van der Waals surface area contributed by atoms with Crippen molar-refractivity contribution in [1.29, 1.82) is 0 Å². The maximum absolute atomic E-state index is 12.5. The van der Waals surface area contributed by atoms with Crippen LogP contribution in [0.3, 0.4) is 0 Å². The van der Waals surface area contributed by atoms with E-state index in [2.05, 4.69) is 12.2 Å². The summed E-state index contributed by atoms with van der Waals surface area (Å²) in [4.78, 5) is 26.1. The standard InChI is InChI=1S/C21H22ClNO3S/c1-3-26-21(25)19-18-13(2)6-4-9-16(18)27-20(19)23-17(24)11-10-14-7-5-8-15(22)12-14/h5,7-8,10-13H,3-4,6,9H2,1-2H3,(H,23,24)/b11-10+. The van der Waals surface area contributed by atoms with Crippen LogP contribution in [0.2, 0.25) is 5.02 Å². The number of benzene rings is 1. The molecule has 0 saturated heterocycles. The summed E-state index contributed by atoms with van der Waals surface area (Å²) in [7, 11) is 0. The Kier molecular flexibility index (Phi) is 6.34. The number of nitrogens with one attached hydrogen (secondary N) is 1. The lowest BCUT2D eigenvalue weighted by molar-refractivity contribution is -0.111. The Morgan fingerprint density at radius 2 is 2.22 bits per heavy atom. The molecule has 0 saturated carbocycles. The first-order chi connectivity index (χ1) is 13.0. The van der Waals surface area contributed by atoms with Gasteiger partial charge in [0.1, 0.15) is 5.00 Å². The van der Waals surface area contributed by atoms with Crippen molar-refractivity contribution >= 4 is 45.9 Å². The third-order valence-electron chi connectivity index (χ3n) is 4.55. The van der Waals surface area contributed by atoms with Gasteiger partial charge in [0.05, 0.1) is 12.2 Å². The molecule has 1 aliphatic carbocycles. The summed E-state index contributed by atoms with van der Waals surface area (Å²) in [6.07, 6.45) is 6.21. The predicted molar refractivity (Wildman–Crippen MR) is 111 cm³/mol. The molecule has 142 valence electrons. The third kappa shape index (κ3) is 4.60. The Morgan fingerprint density at radius 1 is 1.41 bits per heavy atom. The zero-order chi connectivity index (χ0) is 19.4. The first-order valence-electron chi connectivity index (χ1n) is 9.07. The summed E-state index contributed by atoms with van der Waals surface area (Å²) in [5.41, 5.74) is 2.40. The molecule has 1 heterocycles. The van der Waals surface area contributed by atoms with Gasteiger partial charge in [-0.15, -0.1) is 11.3 Å². The fourth-order valence-corrected chi connectivity index (χ4v) is 4.89. The predicted octanol–water partition coefficient (Wildman–Crippen LogP) is 5.67. The summed E-state index contributed by atoms with van der Waals surface area (Å²) in [5.74, 6) is -0.360. The number of anilines is 1. The lowest BCUT2D eigenvalue weighted by atomic mass is 9.86. The van der Waals surface area contributed by atoms with E-state index in [1.807, 2.05) is 12.1 Å². The van der Waals surface area contributed by atoms with Gasteiger partial charge in [-0.2, -0.15) is 0 Å². The van der Waals surface area contributed by atoms with Crippen molar-refractivity contribution in [2.45, 2.75) is 39.0 Å². The van der Waals surface area contributed by atoms with Crippen LogP contribution in [0.25, 0.3) is 6.08 Å². The summed E-state index contributed by atoms with van der Waals surface area (Å²) < 4.78 is 5.25. The first-order valence-corrected chi connectivity index (χ1v) is 10.3. The van der Waals surface area contributed by atoms with E-state index in [1.165, 1.54) is 22.3 Å². The summed E-state index contributed by atoms with van der Waals surface area (Å²) in [6, 6.07) is 7.25. The van der Waals surface area contributed by atoms with E-state index in [9.17, 15) is 9.59 Å². The molecule has 4 nitrogen and oxygen atoms in total. The van der Waals surface area contributed by atoms with Crippen LogP contribution >= 0.6 is 22.9 Å². The van der Waals surface area contributed by atoms with Gasteiger partial charge in [-0.05, 0) is 61.4 Å².